The van der Waals surface area contributed by atoms with Gasteiger partial charge in [-0.2, -0.15) is 0 Å². The number of carboxylic acids is 1. The molecule has 0 unspecified atom stereocenters. The first-order valence-corrected chi connectivity index (χ1v) is 14.7. The summed E-state index contributed by atoms with van der Waals surface area (Å²) in [7, 11) is 1.50. The second-order valence-electron chi connectivity index (χ2n) is 10.6. The largest absolute Gasteiger partial charge is 2.00 e. The number of benzene rings is 3. The maximum Gasteiger partial charge on any atom is 2.00 e. The molecule has 3 N–H and O–H groups in total. The Balaban J connectivity index is 0.00000267. The number of rotatable bonds is 14. The van der Waals surface area contributed by atoms with E-state index in [-0.39, 0.29) is 43.8 Å². The van der Waals surface area contributed by atoms with Crippen molar-refractivity contribution in [3.05, 3.63) is 77.7 Å². The number of carboxylic acid groups (broad SMARTS) is 1. The zero-order valence-corrected chi connectivity index (χ0v) is 27.3. The van der Waals surface area contributed by atoms with Crippen LogP contribution in [0.1, 0.15) is 41.4 Å². The van der Waals surface area contributed by atoms with E-state index in [1.54, 1.807) is 42.5 Å². The third kappa shape index (κ3) is 8.36. The van der Waals surface area contributed by atoms with Crippen molar-refractivity contribution < 1.29 is 40.9 Å². The number of nitrogens with zero attached hydrogens (tertiary/aromatic N) is 1. The van der Waals surface area contributed by atoms with E-state index in [4.69, 9.17) is 30.9 Å². The Morgan fingerprint density at radius 1 is 0.935 bits per heavy atom. The summed E-state index contributed by atoms with van der Waals surface area (Å²) in [6, 6.07) is 15.6. The Hall–Kier alpha value is -4.13. The van der Waals surface area contributed by atoms with Gasteiger partial charge in [-0.3, -0.25) is 19.4 Å². The molecule has 0 radical (unpaired) electrons. The van der Waals surface area contributed by atoms with Crippen LogP contribution in [-0.4, -0.2) is 64.6 Å². The average Bonchev–Trinajstić information content (AvgIpc) is 3.82. The summed E-state index contributed by atoms with van der Waals surface area (Å²) in [5, 5.41) is 15.2. The predicted octanol–water partition coefficient (Wildman–Crippen LogP) is 7.05. The van der Waals surface area contributed by atoms with Crippen LogP contribution >= 0.6 is 11.6 Å². The quantitative estimate of drug-likeness (QED) is 0.0743. The molecule has 0 aliphatic heterocycles. The van der Waals surface area contributed by atoms with Crippen LogP contribution in [0.3, 0.4) is 0 Å². The number of halogens is 2. The van der Waals surface area contributed by atoms with E-state index in [0.29, 0.717) is 77.6 Å². The third-order valence-corrected chi connectivity index (χ3v) is 7.63. The summed E-state index contributed by atoms with van der Waals surface area (Å²) in [6.07, 6.45) is 4.35. The van der Waals surface area contributed by atoms with Crippen LogP contribution in [0.4, 0.5) is 15.8 Å². The minimum atomic E-state index is -1.24. The molecule has 5 rings (SSSR count). The number of pyridine rings is 1. The minimum absolute atomic E-state index is 0. The van der Waals surface area contributed by atoms with E-state index in [1.165, 1.54) is 25.4 Å². The summed E-state index contributed by atoms with van der Waals surface area (Å²) in [6.45, 7) is 0.374. The van der Waals surface area contributed by atoms with Gasteiger partial charge in [0.1, 0.15) is 11.2 Å². The molecule has 2 amide bonds. The van der Waals surface area contributed by atoms with Crippen molar-refractivity contribution in [1.82, 2.24) is 4.98 Å². The molecule has 238 valence electrons. The Kier molecular flexibility index (Phi) is 11.7. The van der Waals surface area contributed by atoms with Gasteiger partial charge in [0, 0.05) is 46.5 Å². The average molecular weight is 662 g/mol. The van der Waals surface area contributed by atoms with Crippen molar-refractivity contribution in [1.29, 1.82) is 0 Å². The molecule has 46 heavy (non-hydrogen) atoms. The van der Waals surface area contributed by atoms with E-state index in [9.17, 15) is 14.4 Å². The summed E-state index contributed by atoms with van der Waals surface area (Å²) in [5.74, 6) is -1.39. The van der Waals surface area contributed by atoms with Crippen LogP contribution in [0.5, 0.6) is 23.0 Å². The van der Waals surface area contributed by atoms with Crippen molar-refractivity contribution in [2.24, 2.45) is 5.41 Å². The van der Waals surface area contributed by atoms with E-state index in [1.807, 2.05) is 0 Å². The third-order valence-electron chi connectivity index (χ3n) is 7.39. The Morgan fingerprint density at radius 3 is 2.33 bits per heavy atom. The number of ether oxygens (including phenoxy) is 3. The van der Waals surface area contributed by atoms with Gasteiger partial charge < -0.3 is 32.8 Å². The molecule has 0 saturated heterocycles. The molecular weight excluding hydrogens is 629 g/mol. The molecule has 0 spiro atoms. The predicted molar refractivity (Wildman–Crippen MR) is 175 cm³/mol. The van der Waals surface area contributed by atoms with Crippen molar-refractivity contribution in [2.75, 3.05) is 24.4 Å². The zero-order chi connectivity index (χ0) is 32.0. The van der Waals surface area contributed by atoms with E-state index in [2.05, 4.69) is 15.6 Å². The molecule has 10 nitrogen and oxygen atoms in total. The number of amides is 2. The standard InChI is InChI=1S/C33H31ClFN3O7.Mg.2H/c1-43-28-18-23-25(19-29(28)44-15-4-2-3-8-30(39)40)36-14-11-26(23)45-27-10-9-22(17-24(27)35)38-32(42)33(12-13-33)31(41)37-21-7-5-6-20(34)16-21;;;/h5-7,9-11,14,16-19H,2-4,8,12-13,15H2,1H3,(H,37,41)(H,38,42)(H,39,40);;;/q;+2;2*-1. The number of methoxy groups -OCH3 is 1. The van der Waals surface area contributed by atoms with Crippen LogP contribution in [-0.2, 0) is 14.4 Å². The molecule has 0 bridgehead atoms. The van der Waals surface area contributed by atoms with Gasteiger partial charge >= 0.3 is 29.0 Å². The fourth-order valence-corrected chi connectivity index (χ4v) is 4.95. The second kappa shape index (κ2) is 15.4. The number of nitrogens with one attached hydrogen (secondary N) is 2. The van der Waals surface area contributed by atoms with Gasteiger partial charge in [0.2, 0.25) is 11.8 Å². The number of aromatic nitrogens is 1. The van der Waals surface area contributed by atoms with Gasteiger partial charge in [-0.25, -0.2) is 4.39 Å². The summed E-state index contributed by atoms with van der Waals surface area (Å²) >= 11 is 5.99. The van der Waals surface area contributed by atoms with Crippen molar-refractivity contribution in [3.8, 4) is 23.0 Å². The van der Waals surface area contributed by atoms with Gasteiger partial charge in [0.25, 0.3) is 0 Å². The number of carbonyl (C=O) groups excluding carboxylic acids is 2. The van der Waals surface area contributed by atoms with Gasteiger partial charge in [-0.15, -0.1) is 0 Å². The molecule has 3 aromatic carbocycles. The smallest absolute Gasteiger partial charge is 1.00 e. The van der Waals surface area contributed by atoms with Crippen LogP contribution in [0.15, 0.2) is 66.9 Å². The van der Waals surface area contributed by atoms with E-state index >= 15 is 4.39 Å². The number of unbranched alkanes of at least 4 members (excludes halogenated alkanes) is 2. The number of anilines is 2. The van der Waals surface area contributed by atoms with Gasteiger partial charge in [0.15, 0.2) is 23.1 Å². The molecule has 1 aromatic heterocycles. The van der Waals surface area contributed by atoms with Crippen molar-refractivity contribution in [2.45, 2.75) is 38.5 Å². The molecule has 1 heterocycles. The maximum absolute atomic E-state index is 15.2. The molecule has 0 atom stereocenters. The number of hydrogen-bond acceptors (Lipinski definition) is 7. The molecule has 1 aliphatic rings. The first-order chi connectivity index (χ1) is 21.7. The maximum atomic E-state index is 15.2. The zero-order valence-electron chi connectivity index (χ0n) is 27.1. The Labute approximate surface area is 288 Å². The Bertz CT molecular complexity index is 1760. The first-order valence-electron chi connectivity index (χ1n) is 14.4. The van der Waals surface area contributed by atoms with Crippen molar-refractivity contribution in [3.63, 3.8) is 0 Å². The number of hydrogen-bond donors (Lipinski definition) is 3. The molecule has 1 fully saturated rings. The monoisotopic (exact) mass is 661 g/mol. The number of aliphatic carboxylic acids is 1. The number of fused-ring (bicyclic) bond motifs is 1. The van der Waals surface area contributed by atoms with Crippen LogP contribution in [0.25, 0.3) is 10.9 Å². The van der Waals surface area contributed by atoms with Gasteiger partial charge in [-0.1, -0.05) is 17.7 Å². The summed E-state index contributed by atoms with van der Waals surface area (Å²) in [5.41, 5.74) is -0.0534. The van der Waals surface area contributed by atoms with Gasteiger partial charge in [0.05, 0.1) is 19.2 Å². The summed E-state index contributed by atoms with van der Waals surface area (Å²) in [4.78, 5) is 41.0. The fourth-order valence-electron chi connectivity index (χ4n) is 4.76. The second-order valence-corrected chi connectivity index (χ2v) is 11.1. The van der Waals surface area contributed by atoms with E-state index in [0.717, 1.165) is 6.07 Å². The first kappa shape index (κ1) is 34.7. The molecule has 1 saturated carbocycles. The normalized spacial score (nSPS) is 12.8. The fraction of sp³-hybridized carbons (Fsp3) is 0.273. The van der Waals surface area contributed by atoms with Crippen LogP contribution < -0.4 is 24.8 Å². The molecule has 13 heteroatoms. The topological polar surface area (TPSA) is 136 Å². The van der Waals surface area contributed by atoms with E-state index < -0.39 is 29.0 Å². The molecule has 4 aromatic rings. The minimum Gasteiger partial charge on any atom is -1.00 e. The molecular formula is C33H33ClFMgN3O7. The number of carbonyl (C=O) groups is 3. The van der Waals surface area contributed by atoms with Crippen molar-refractivity contribution >= 4 is 74.7 Å². The summed E-state index contributed by atoms with van der Waals surface area (Å²) < 4.78 is 32.5. The van der Waals surface area contributed by atoms with Crippen LogP contribution in [0, 0.1) is 11.2 Å². The van der Waals surface area contributed by atoms with Gasteiger partial charge in [-0.05, 0) is 74.6 Å². The SMILES string of the molecule is COc1cc2c(Oc3ccc(NC(=O)C4(C(=O)Nc5cccc(Cl)c5)CC4)cc3F)ccnc2cc1OCCCCCC(=O)O.[H-].[H-].[Mg+2]. The van der Waals surface area contributed by atoms with Crippen LogP contribution in [0.2, 0.25) is 5.02 Å². The Morgan fingerprint density at radius 2 is 1.67 bits per heavy atom. The molecule has 1 aliphatic carbocycles.